The number of benzene rings is 3. The van der Waals surface area contributed by atoms with Crippen molar-refractivity contribution >= 4 is 56.6 Å². The number of rotatable bonds is 1. The molecule has 28 heavy (non-hydrogen) atoms. The predicted octanol–water partition coefficient (Wildman–Crippen LogP) is 7.07. The topological polar surface area (TPSA) is 20.3 Å². The molecule has 0 saturated heterocycles. The van der Waals surface area contributed by atoms with Crippen LogP contribution in [0.15, 0.2) is 70.5 Å². The van der Waals surface area contributed by atoms with Crippen molar-refractivity contribution in [1.82, 2.24) is 0 Å². The Morgan fingerprint density at radius 3 is 1.93 bits per heavy atom. The van der Waals surface area contributed by atoms with Crippen molar-refractivity contribution in [3.05, 3.63) is 82.9 Å². The highest BCUT2D eigenvalue weighted by Crippen LogP contribution is 2.49. The van der Waals surface area contributed by atoms with Crippen LogP contribution in [0.1, 0.15) is 27.0 Å². The molecule has 1 aliphatic heterocycles. The van der Waals surface area contributed by atoms with Gasteiger partial charge in [-0.05, 0) is 67.9 Å². The molecule has 0 atom stereocenters. The number of hydrogen-bond acceptors (Lipinski definition) is 4. The minimum atomic E-state index is -0.00631. The maximum absolute atomic E-state index is 13.1. The van der Waals surface area contributed by atoms with Crippen molar-refractivity contribution in [3.8, 4) is 0 Å². The molecule has 3 aromatic carbocycles. The number of thiocarbonyl (C=S) groups is 1. The lowest BCUT2D eigenvalue weighted by atomic mass is 10.0. The monoisotopic (exact) mass is 421 g/mol. The molecule has 5 heteroatoms. The molecule has 0 N–H and O–H groups in total. The summed E-state index contributed by atoms with van der Waals surface area (Å²) < 4.78 is 0.546. The van der Waals surface area contributed by atoms with Crippen molar-refractivity contribution in [1.29, 1.82) is 0 Å². The summed E-state index contributed by atoms with van der Waals surface area (Å²) in [5.41, 5.74) is 5.95. The largest absolute Gasteiger partial charge is 0.293 e. The van der Waals surface area contributed by atoms with E-state index in [9.17, 15) is 4.79 Å². The molecule has 0 bridgehead atoms. The van der Waals surface area contributed by atoms with E-state index in [0.717, 1.165) is 55.2 Å². The normalized spacial score (nSPS) is 12.3. The first-order chi connectivity index (χ1) is 13.5. The summed E-state index contributed by atoms with van der Waals surface area (Å²) in [6.07, 6.45) is 0. The fourth-order valence-corrected chi connectivity index (χ4v) is 5.93. The minimum Gasteiger partial charge on any atom is -0.293 e. The average molecular weight is 422 g/mol. The fourth-order valence-electron chi connectivity index (χ4n) is 3.58. The second-order valence-electron chi connectivity index (χ2n) is 6.80. The lowest BCUT2D eigenvalue weighted by Gasteiger charge is -2.32. The zero-order chi connectivity index (χ0) is 19.8. The van der Waals surface area contributed by atoms with E-state index in [1.807, 2.05) is 62.1 Å². The molecule has 0 fully saturated rings. The van der Waals surface area contributed by atoms with Gasteiger partial charge in [-0.15, -0.1) is 0 Å². The number of carbonyl (C=O) groups is 1. The van der Waals surface area contributed by atoms with Crippen LogP contribution in [0.5, 0.6) is 0 Å². The molecule has 2 nitrogen and oxygen atoms in total. The van der Waals surface area contributed by atoms with Gasteiger partial charge in [-0.3, -0.25) is 9.69 Å². The van der Waals surface area contributed by atoms with Gasteiger partial charge in [-0.25, -0.2) is 0 Å². The number of para-hydroxylation sites is 2. The van der Waals surface area contributed by atoms with Crippen LogP contribution >= 0.6 is 35.7 Å². The number of aryl methyl sites for hydroxylation is 3. The first-order valence-corrected chi connectivity index (χ1v) is 11.0. The third kappa shape index (κ3) is 3.50. The molecule has 0 unspecified atom stereocenters. The summed E-state index contributed by atoms with van der Waals surface area (Å²) >= 11 is 8.63. The van der Waals surface area contributed by atoms with Crippen LogP contribution < -0.4 is 4.90 Å². The zero-order valence-electron chi connectivity index (χ0n) is 15.9. The lowest BCUT2D eigenvalue weighted by Crippen LogP contribution is -2.25. The Hall–Kier alpha value is -2.08. The van der Waals surface area contributed by atoms with Gasteiger partial charge < -0.3 is 0 Å². The highest BCUT2D eigenvalue weighted by atomic mass is 32.2. The van der Waals surface area contributed by atoms with Crippen LogP contribution in [0.25, 0.3) is 0 Å². The standard InChI is InChI=1S/C23H19NOS3/c1-14-12-15(2)21(16(3)13-14)22(25)28-23(26)24-17-8-4-6-10-19(17)27-20-11-7-5-9-18(20)24/h4-13H,1-3H3. The summed E-state index contributed by atoms with van der Waals surface area (Å²) in [6, 6.07) is 20.4. The lowest BCUT2D eigenvalue weighted by molar-refractivity contribution is 0.108. The fraction of sp³-hybridized carbons (Fsp3) is 0.130. The highest BCUT2D eigenvalue weighted by Gasteiger charge is 2.28. The van der Waals surface area contributed by atoms with Crippen LogP contribution in [-0.2, 0) is 0 Å². The van der Waals surface area contributed by atoms with Crippen molar-refractivity contribution in [2.75, 3.05) is 4.90 Å². The van der Waals surface area contributed by atoms with Crippen molar-refractivity contribution in [3.63, 3.8) is 0 Å². The number of anilines is 2. The Labute approximate surface area is 179 Å². The molecular formula is C23H19NOS3. The third-order valence-corrected chi connectivity index (χ3v) is 6.99. The van der Waals surface area contributed by atoms with E-state index in [4.69, 9.17) is 12.2 Å². The molecule has 0 spiro atoms. The number of fused-ring (bicyclic) bond motifs is 2. The third-order valence-electron chi connectivity index (χ3n) is 4.68. The van der Waals surface area contributed by atoms with E-state index in [2.05, 4.69) is 24.3 Å². The van der Waals surface area contributed by atoms with Crippen LogP contribution in [0.4, 0.5) is 11.4 Å². The summed E-state index contributed by atoms with van der Waals surface area (Å²) in [4.78, 5) is 17.4. The highest BCUT2D eigenvalue weighted by molar-refractivity contribution is 8.33. The molecular weight excluding hydrogens is 402 g/mol. The van der Waals surface area contributed by atoms with Crippen LogP contribution in [0.3, 0.4) is 0 Å². The SMILES string of the molecule is Cc1cc(C)c(C(=O)SC(=S)N2c3ccccc3Sc3ccccc32)c(C)c1. The average Bonchev–Trinajstić information content (AvgIpc) is 2.65. The molecule has 0 saturated carbocycles. The van der Waals surface area contributed by atoms with Crippen molar-refractivity contribution in [2.45, 2.75) is 30.6 Å². The second kappa shape index (κ2) is 7.74. The zero-order valence-corrected chi connectivity index (χ0v) is 18.3. The molecule has 0 radical (unpaired) electrons. The Balaban J connectivity index is 1.70. The minimum absolute atomic E-state index is 0.00631. The Bertz CT molecular complexity index is 1040. The molecule has 140 valence electrons. The van der Waals surface area contributed by atoms with Gasteiger partial charge in [0, 0.05) is 15.4 Å². The summed E-state index contributed by atoms with van der Waals surface area (Å²) in [7, 11) is 0. The molecule has 1 heterocycles. The van der Waals surface area contributed by atoms with E-state index in [-0.39, 0.29) is 5.12 Å². The van der Waals surface area contributed by atoms with Gasteiger partial charge >= 0.3 is 0 Å². The molecule has 0 aromatic heterocycles. The maximum atomic E-state index is 13.1. The van der Waals surface area contributed by atoms with Gasteiger partial charge in [-0.2, -0.15) is 0 Å². The Morgan fingerprint density at radius 2 is 1.39 bits per heavy atom. The van der Waals surface area contributed by atoms with Gasteiger partial charge in [0.2, 0.25) is 5.12 Å². The molecule has 3 aromatic rings. The summed E-state index contributed by atoms with van der Waals surface area (Å²) in [5.74, 6) is 0. The summed E-state index contributed by atoms with van der Waals surface area (Å²) in [6.45, 7) is 6.02. The number of thioether (sulfide) groups is 1. The van der Waals surface area contributed by atoms with Gasteiger partial charge in [0.15, 0.2) is 4.32 Å². The Kier molecular flexibility index (Phi) is 5.32. The second-order valence-corrected chi connectivity index (χ2v) is 9.49. The van der Waals surface area contributed by atoms with E-state index in [1.54, 1.807) is 11.8 Å². The van der Waals surface area contributed by atoms with Crippen molar-refractivity contribution < 1.29 is 4.79 Å². The van der Waals surface area contributed by atoms with Crippen LogP contribution in [-0.4, -0.2) is 9.44 Å². The molecule has 0 amide bonds. The summed E-state index contributed by atoms with van der Waals surface area (Å²) in [5, 5.41) is -0.00631. The Morgan fingerprint density at radius 1 is 0.893 bits per heavy atom. The van der Waals surface area contributed by atoms with Gasteiger partial charge in [0.25, 0.3) is 0 Å². The van der Waals surface area contributed by atoms with E-state index >= 15 is 0 Å². The van der Waals surface area contributed by atoms with Gasteiger partial charge in [0.05, 0.1) is 11.4 Å². The number of hydrogen-bond donors (Lipinski definition) is 0. The van der Waals surface area contributed by atoms with Crippen LogP contribution in [0, 0.1) is 20.8 Å². The van der Waals surface area contributed by atoms with Gasteiger partial charge in [-0.1, -0.05) is 65.9 Å². The van der Waals surface area contributed by atoms with Crippen molar-refractivity contribution in [2.24, 2.45) is 0 Å². The van der Waals surface area contributed by atoms with Crippen LogP contribution in [0.2, 0.25) is 0 Å². The van der Waals surface area contributed by atoms with E-state index < -0.39 is 0 Å². The smallest absolute Gasteiger partial charge is 0.226 e. The first kappa shape index (κ1) is 19.2. The van der Waals surface area contributed by atoms with Gasteiger partial charge in [0.1, 0.15) is 0 Å². The van der Waals surface area contributed by atoms with E-state index in [1.165, 1.54) is 0 Å². The first-order valence-electron chi connectivity index (χ1n) is 8.95. The maximum Gasteiger partial charge on any atom is 0.226 e. The predicted molar refractivity (Wildman–Crippen MR) is 124 cm³/mol. The number of carbonyl (C=O) groups excluding carboxylic acids is 1. The molecule has 4 rings (SSSR count). The molecule has 0 aliphatic carbocycles. The van der Waals surface area contributed by atoms with E-state index in [0.29, 0.717) is 4.32 Å². The number of nitrogens with zero attached hydrogens (tertiary/aromatic N) is 1. The molecule has 1 aliphatic rings. The quantitative estimate of drug-likeness (QED) is 0.390.